The molecule has 0 N–H and O–H groups in total. The fraction of sp³-hybridized carbons (Fsp3) is 0.368. The summed E-state index contributed by atoms with van der Waals surface area (Å²) in [5.74, 6) is 0.989. The summed E-state index contributed by atoms with van der Waals surface area (Å²) in [6.07, 6.45) is 1.70. The van der Waals surface area contributed by atoms with Gasteiger partial charge in [-0.05, 0) is 51.0 Å². The third-order valence-corrected chi connectivity index (χ3v) is 4.85. The van der Waals surface area contributed by atoms with Crippen molar-refractivity contribution >= 4 is 5.91 Å². The van der Waals surface area contributed by atoms with Crippen LogP contribution in [0, 0.1) is 19.7 Å². The van der Waals surface area contributed by atoms with Crippen molar-refractivity contribution < 1.29 is 18.2 Å². The lowest BCUT2D eigenvalue weighted by atomic mass is 9.97. The van der Waals surface area contributed by atoms with E-state index in [0.29, 0.717) is 47.4 Å². The standard InChI is InChI=1S/C19H19FN4O3/c1-11-16(12(2)26-22-11)19(25)24-9-3-4-14(10-24)18-21-17(23-27-18)13-5-7-15(20)8-6-13/h5-8,14H,3-4,9-10H2,1-2H3/t14-/m0/s1. The highest BCUT2D eigenvalue weighted by atomic mass is 19.1. The third-order valence-electron chi connectivity index (χ3n) is 4.85. The van der Waals surface area contributed by atoms with Crippen LogP contribution in [0.1, 0.15) is 46.5 Å². The van der Waals surface area contributed by atoms with Crippen LogP contribution >= 0.6 is 0 Å². The average molecular weight is 370 g/mol. The molecular weight excluding hydrogens is 351 g/mol. The number of benzene rings is 1. The van der Waals surface area contributed by atoms with Crippen molar-refractivity contribution in [3.63, 3.8) is 0 Å². The number of likely N-dealkylation sites (tertiary alicyclic amines) is 1. The molecule has 1 aliphatic heterocycles. The lowest BCUT2D eigenvalue weighted by Gasteiger charge is -2.30. The summed E-state index contributed by atoms with van der Waals surface area (Å²) in [6, 6.07) is 5.93. The Morgan fingerprint density at radius 2 is 1.96 bits per heavy atom. The fourth-order valence-electron chi connectivity index (χ4n) is 3.43. The minimum Gasteiger partial charge on any atom is -0.361 e. The third kappa shape index (κ3) is 3.34. The second-order valence-corrected chi connectivity index (χ2v) is 6.75. The molecule has 0 bridgehead atoms. The Morgan fingerprint density at radius 1 is 1.19 bits per heavy atom. The van der Waals surface area contributed by atoms with Crippen molar-refractivity contribution in [3.05, 3.63) is 53.0 Å². The molecule has 8 heteroatoms. The summed E-state index contributed by atoms with van der Waals surface area (Å²) >= 11 is 0. The Morgan fingerprint density at radius 3 is 2.67 bits per heavy atom. The van der Waals surface area contributed by atoms with Gasteiger partial charge in [-0.3, -0.25) is 4.79 Å². The number of aromatic nitrogens is 3. The molecule has 1 aliphatic rings. The molecule has 0 unspecified atom stereocenters. The molecule has 7 nitrogen and oxygen atoms in total. The van der Waals surface area contributed by atoms with Crippen molar-refractivity contribution in [2.24, 2.45) is 0 Å². The second-order valence-electron chi connectivity index (χ2n) is 6.75. The summed E-state index contributed by atoms with van der Waals surface area (Å²) in [5.41, 5.74) is 1.80. The highest BCUT2D eigenvalue weighted by Crippen LogP contribution is 2.29. The predicted octanol–water partition coefficient (Wildman–Crippen LogP) is 3.50. The number of hydrogen-bond donors (Lipinski definition) is 0. The number of halogens is 1. The van der Waals surface area contributed by atoms with E-state index in [1.54, 1.807) is 30.9 Å². The summed E-state index contributed by atoms with van der Waals surface area (Å²) in [7, 11) is 0. The van der Waals surface area contributed by atoms with Crippen molar-refractivity contribution in [1.82, 2.24) is 20.2 Å². The van der Waals surface area contributed by atoms with Gasteiger partial charge >= 0.3 is 0 Å². The fourth-order valence-corrected chi connectivity index (χ4v) is 3.43. The van der Waals surface area contributed by atoms with Gasteiger partial charge in [-0.25, -0.2) is 4.39 Å². The molecule has 0 saturated carbocycles. The van der Waals surface area contributed by atoms with E-state index in [0.717, 1.165) is 12.8 Å². The number of aryl methyl sites for hydroxylation is 2. The highest BCUT2D eigenvalue weighted by molar-refractivity contribution is 5.96. The van der Waals surface area contributed by atoms with Crippen molar-refractivity contribution in [1.29, 1.82) is 0 Å². The molecule has 0 aliphatic carbocycles. The molecule has 0 radical (unpaired) electrons. The molecule has 1 saturated heterocycles. The summed E-state index contributed by atoms with van der Waals surface area (Å²) < 4.78 is 23.6. The van der Waals surface area contributed by atoms with Gasteiger partial charge in [0.15, 0.2) is 0 Å². The molecule has 1 fully saturated rings. The Labute approximate surface area is 155 Å². The number of amides is 1. The minimum atomic E-state index is -0.316. The van der Waals surface area contributed by atoms with Crippen molar-refractivity contribution in [3.8, 4) is 11.4 Å². The van der Waals surface area contributed by atoms with Gasteiger partial charge in [0.1, 0.15) is 17.1 Å². The monoisotopic (exact) mass is 370 g/mol. The largest absolute Gasteiger partial charge is 0.361 e. The molecule has 27 heavy (non-hydrogen) atoms. The predicted molar refractivity (Wildman–Crippen MR) is 93.5 cm³/mol. The normalized spacial score (nSPS) is 17.3. The van der Waals surface area contributed by atoms with E-state index in [4.69, 9.17) is 9.05 Å². The van der Waals surface area contributed by atoms with Crippen LogP contribution in [0.3, 0.4) is 0 Å². The van der Waals surface area contributed by atoms with E-state index in [2.05, 4.69) is 15.3 Å². The number of carbonyl (C=O) groups excluding carboxylic acids is 1. The quantitative estimate of drug-likeness (QED) is 0.701. The lowest BCUT2D eigenvalue weighted by Crippen LogP contribution is -2.39. The Balaban J connectivity index is 1.52. The molecule has 4 rings (SSSR count). The van der Waals surface area contributed by atoms with Gasteiger partial charge in [-0.1, -0.05) is 10.3 Å². The van der Waals surface area contributed by atoms with E-state index in [-0.39, 0.29) is 17.6 Å². The maximum absolute atomic E-state index is 13.1. The van der Waals surface area contributed by atoms with E-state index < -0.39 is 0 Å². The zero-order valence-corrected chi connectivity index (χ0v) is 15.1. The summed E-state index contributed by atoms with van der Waals surface area (Å²) in [6.45, 7) is 4.66. The second kappa shape index (κ2) is 6.94. The van der Waals surface area contributed by atoms with E-state index in [9.17, 15) is 9.18 Å². The molecule has 3 aromatic rings. The first kappa shape index (κ1) is 17.4. The van der Waals surface area contributed by atoms with Crippen LogP contribution in [-0.4, -0.2) is 39.2 Å². The zero-order valence-electron chi connectivity index (χ0n) is 15.1. The van der Waals surface area contributed by atoms with Gasteiger partial charge in [0, 0.05) is 18.7 Å². The number of hydrogen-bond acceptors (Lipinski definition) is 6. The topological polar surface area (TPSA) is 85.3 Å². The molecule has 2 aromatic heterocycles. The first-order valence-corrected chi connectivity index (χ1v) is 8.84. The molecule has 3 heterocycles. The number of nitrogens with zero attached hydrogens (tertiary/aromatic N) is 4. The lowest BCUT2D eigenvalue weighted by molar-refractivity contribution is 0.0693. The van der Waals surface area contributed by atoms with Crippen LogP contribution in [-0.2, 0) is 0 Å². The first-order chi connectivity index (χ1) is 13.0. The minimum absolute atomic E-state index is 0.0372. The molecule has 140 valence electrons. The van der Waals surface area contributed by atoms with Crippen LogP contribution in [0.4, 0.5) is 4.39 Å². The highest BCUT2D eigenvalue weighted by Gasteiger charge is 2.31. The van der Waals surface area contributed by atoms with Crippen molar-refractivity contribution in [2.75, 3.05) is 13.1 Å². The van der Waals surface area contributed by atoms with Crippen LogP contribution < -0.4 is 0 Å². The maximum atomic E-state index is 13.1. The van der Waals surface area contributed by atoms with Gasteiger partial charge in [-0.2, -0.15) is 4.98 Å². The van der Waals surface area contributed by atoms with E-state index in [1.165, 1.54) is 12.1 Å². The van der Waals surface area contributed by atoms with E-state index >= 15 is 0 Å². The smallest absolute Gasteiger partial charge is 0.259 e. The zero-order chi connectivity index (χ0) is 19.0. The maximum Gasteiger partial charge on any atom is 0.259 e. The van der Waals surface area contributed by atoms with Crippen LogP contribution in [0.25, 0.3) is 11.4 Å². The van der Waals surface area contributed by atoms with Crippen molar-refractivity contribution in [2.45, 2.75) is 32.6 Å². The molecule has 1 amide bonds. The van der Waals surface area contributed by atoms with E-state index in [1.807, 2.05) is 0 Å². The SMILES string of the molecule is Cc1noc(C)c1C(=O)N1CCC[C@H](c2nc(-c3ccc(F)cc3)no2)C1. The molecule has 1 aromatic carbocycles. The number of rotatable bonds is 3. The molecule has 1 atom stereocenters. The van der Waals surface area contributed by atoms with Gasteiger partial charge in [0.05, 0.1) is 11.6 Å². The average Bonchev–Trinajstić information content (AvgIpc) is 3.29. The molecule has 0 spiro atoms. The van der Waals surface area contributed by atoms with Crippen LogP contribution in [0.5, 0.6) is 0 Å². The van der Waals surface area contributed by atoms with Gasteiger partial charge < -0.3 is 13.9 Å². The van der Waals surface area contributed by atoms with Crippen LogP contribution in [0.2, 0.25) is 0 Å². The summed E-state index contributed by atoms with van der Waals surface area (Å²) in [5, 5.41) is 7.86. The number of piperidine rings is 1. The van der Waals surface area contributed by atoms with Gasteiger partial charge in [0.25, 0.3) is 5.91 Å². The van der Waals surface area contributed by atoms with Crippen LogP contribution in [0.15, 0.2) is 33.3 Å². The Hall–Kier alpha value is -3.03. The first-order valence-electron chi connectivity index (χ1n) is 8.84. The Bertz CT molecular complexity index is 944. The number of carbonyl (C=O) groups is 1. The summed E-state index contributed by atoms with van der Waals surface area (Å²) in [4.78, 5) is 19.1. The van der Waals surface area contributed by atoms with Gasteiger partial charge in [-0.15, -0.1) is 0 Å². The molecular formula is C19H19FN4O3. The Kier molecular flexibility index (Phi) is 4.47. The van der Waals surface area contributed by atoms with Gasteiger partial charge in [0.2, 0.25) is 11.7 Å².